The Kier molecular flexibility index (Phi) is 3.35. The molecule has 0 aliphatic carbocycles. The second kappa shape index (κ2) is 5.73. The van der Waals surface area contributed by atoms with E-state index in [9.17, 15) is 10.0 Å². The normalized spacial score (nSPS) is 11.5. The second-order valence-corrected chi connectivity index (χ2v) is 6.40. The molecule has 0 aliphatic heterocycles. The lowest BCUT2D eigenvalue weighted by molar-refractivity contribution is 0.426. The van der Waals surface area contributed by atoms with Crippen molar-refractivity contribution in [2.24, 2.45) is 0 Å². The molecule has 0 fully saturated rings. The Morgan fingerprint density at radius 1 is 0.654 bits per heavy atom. The summed E-state index contributed by atoms with van der Waals surface area (Å²) in [7, 11) is -1.55. The molecule has 0 radical (unpaired) electrons. The number of benzene rings is 4. The van der Waals surface area contributed by atoms with E-state index in [2.05, 4.69) is 0 Å². The highest BCUT2D eigenvalue weighted by molar-refractivity contribution is 6.66. The van der Waals surface area contributed by atoms with Gasteiger partial charge in [0.25, 0.3) is 0 Å². The minimum atomic E-state index is -1.55. The number of rotatable bonds is 2. The first-order chi connectivity index (χ1) is 12.7. The van der Waals surface area contributed by atoms with Crippen molar-refractivity contribution in [3.8, 4) is 11.3 Å². The maximum Gasteiger partial charge on any atom is 0.489 e. The van der Waals surface area contributed by atoms with Crippen LogP contribution in [0.2, 0.25) is 0 Å². The van der Waals surface area contributed by atoms with Gasteiger partial charge in [-0.05, 0) is 39.1 Å². The van der Waals surface area contributed by atoms with Crippen molar-refractivity contribution in [2.45, 2.75) is 0 Å². The fourth-order valence-electron chi connectivity index (χ4n) is 3.81. The largest absolute Gasteiger partial charge is 0.489 e. The predicted octanol–water partition coefficient (Wildman–Crippen LogP) is 4.09. The van der Waals surface area contributed by atoms with Crippen LogP contribution in [0.4, 0.5) is 0 Å². The van der Waals surface area contributed by atoms with Crippen LogP contribution in [-0.4, -0.2) is 17.2 Å². The van der Waals surface area contributed by atoms with E-state index in [1.807, 2.05) is 78.9 Å². The number of fused-ring (bicyclic) bond motifs is 3. The average molecular weight is 338 g/mol. The van der Waals surface area contributed by atoms with Gasteiger partial charge in [-0.3, -0.25) is 0 Å². The lowest BCUT2D eigenvalue weighted by Gasteiger charge is -2.15. The maximum absolute atomic E-state index is 10.0. The van der Waals surface area contributed by atoms with Gasteiger partial charge < -0.3 is 14.5 Å². The zero-order valence-electron chi connectivity index (χ0n) is 13.9. The molecule has 0 unspecified atom stereocenters. The molecular weight excluding hydrogens is 323 g/mol. The molecule has 26 heavy (non-hydrogen) atoms. The number of hydrogen-bond acceptors (Lipinski definition) is 3. The van der Waals surface area contributed by atoms with Crippen molar-refractivity contribution in [3.63, 3.8) is 0 Å². The van der Waals surface area contributed by atoms with Crippen LogP contribution in [0.15, 0.2) is 83.3 Å². The summed E-state index contributed by atoms with van der Waals surface area (Å²) in [5, 5.41) is 24.6. The van der Waals surface area contributed by atoms with Crippen LogP contribution < -0.4 is 5.46 Å². The third kappa shape index (κ3) is 2.17. The molecule has 4 aromatic carbocycles. The molecule has 4 heteroatoms. The summed E-state index contributed by atoms with van der Waals surface area (Å²) in [5.41, 5.74) is 2.33. The zero-order valence-corrected chi connectivity index (χ0v) is 13.9. The predicted molar refractivity (Wildman–Crippen MR) is 106 cm³/mol. The SMILES string of the molecule is OB(O)c1c2ccccc2c(-c2cc3ccccc3o2)c2ccccc12. The summed E-state index contributed by atoms with van der Waals surface area (Å²) in [6.45, 7) is 0. The van der Waals surface area contributed by atoms with Gasteiger partial charge in [0.1, 0.15) is 11.3 Å². The van der Waals surface area contributed by atoms with E-state index in [1.165, 1.54) is 0 Å². The topological polar surface area (TPSA) is 53.6 Å². The van der Waals surface area contributed by atoms with Crippen LogP contribution in [0.3, 0.4) is 0 Å². The lowest BCUT2D eigenvalue weighted by atomic mass is 9.72. The van der Waals surface area contributed by atoms with E-state index in [0.717, 1.165) is 43.8 Å². The molecule has 0 bridgehead atoms. The smallest absolute Gasteiger partial charge is 0.456 e. The third-order valence-electron chi connectivity index (χ3n) is 4.90. The molecular formula is C22H15BO3. The van der Waals surface area contributed by atoms with Gasteiger partial charge in [-0.25, -0.2) is 0 Å². The van der Waals surface area contributed by atoms with Gasteiger partial charge in [-0.1, -0.05) is 66.7 Å². The first-order valence-corrected chi connectivity index (χ1v) is 8.52. The van der Waals surface area contributed by atoms with E-state index < -0.39 is 7.12 Å². The van der Waals surface area contributed by atoms with E-state index in [-0.39, 0.29) is 0 Å². The Bertz CT molecular complexity index is 1180. The van der Waals surface area contributed by atoms with Gasteiger partial charge in [0.2, 0.25) is 0 Å². The summed E-state index contributed by atoms with van der Waals surface area (Å²) >= 11 is 0. The average Bonchev–Trinajstić information content (AvgIpc) is 3.09. The highest BCUT2D eigenvalue weighted by Crippen LogP contribution is 2.38. The van der Waals surface area contributed by atoms with Crippen molar-refractivity contribution in [2.75, 3.05) is 0 Å². The molecule has 1 heterocycles. The Hall–Kier alpha value is -3.08. The first kappa shape index (κ1) is 15.2. The molecule has 5 rings (SSSR count). The molecule has 0 saturated heterocycles. The van der Waals surface area contributed by atoms with E-state index in [1.54, 1.807) is 0 Å². The van der Waals surface area contributed by atoms with Crippen molar-refractivity contribution in [1.82, 2.24) is 0 Å². The monoisotopic (exact) mass is 338 g/mol. The Labute approximate surface area is 150 Å². The van der Waals surface area contributed by atoms with Crippen LogP contribution in [-0.2, 0) is 0 Å². The molecule has 0 saturated carbocycles. The van der Waals surface area contributed by atoms with Gasteiger partial charge >= 0.3 is 7.12 Å². The first-order valence-electron chi connectivity index (χ1n) is 8.52. The highest BCUT2D eigenvalue weighted by atomic mass is 16.4. The summed E-state index contributed by atoms with van der Waals surface area (Å²) < 4.78 is 6.15. The van der Waals surface area contributed by atoms with Gasteiger partial charge in [0, 0.05) is 10.9 Å². The fraction of sp³-hybridized carbons (Fsp3) is 0. The molecule has 0 atom stereocenters. The zero-order chi connectivity index (χ0) is 17.7. The van der Waals surface area contributed by atoms with Crippen LogP contribution >= 0.6 is 0 Å². The summed E-state index contributed by atoms with van der Waals surface area (Å²) in [5.74, 6) is 0.776. The van der Waals surface area contributed by atoms with Gasteiger partial charge in [0.05, 0.1) is 0 Å². The quantitative estimate of drug-likeness (QED) is 0.377. The highest BCUT2D eigenvalue weighted by Gasteiger charge is 2.23. The Balaban J connectivity index is 1.99. The van der Waals surface area contributed by atoms with Crippen molar-refractivity contribution in [3.05, 3.63) is 78.9 Å². The van der Waals surface area contributed by atoms with Gasteiger partial charge in [-0.15, -0.1) is 0 Å². The fourth-order valence-corrected chi connectivity index (χ4v) is 3.81. The minimum absolute atomic E-state index is 0.524. The maximum atomic E-state index is 10.0. The van der Waals surface area contributed by atoms with Crippen molar-refractivity contribution in [1.29, 1.82) is 0 Å². The standard InChI is InChI=1S/C22H15BO3/c24-23(25)22-17-10-4-2-8-15(17)21(16-9-3-5-11-18(16)22)20-13-14-7-1-6-12-19(14)26-20/h1-13,24-25H. The molecule has 0 amide bonds. The van der Waals surface area contributed by atoms with Crippen LogP contribution in [0.5, 0.6) is 0 Å². The van der Waals surface area contributed by atoms with Gasteiger partial charge in [0.15, 0.2) is 0 Å². The minimum Gasteiger partial charge on any atom is -0.456 e. The summed E-state index contributed by atoms with van der Waals surface area (Å²) in [6.07, 6.45) is 0. The number of para-hydroxylation sites is 1. The Morgan fingerprint density at radius 3 is 1.77 bits per heavy atom. The third-order valence-corrected chi connectivity index (χ3v) is 4.90. The molecule has 124 valence electrons. The van der Waals surface area contributed by atoms with Crippen LogP contribution in [0, 0.1) is 0 Å². The van der Waals surface area contributed by atoms with E-state index in [4.69, 9.17) is 4.42 Å². The van der Waals surface area contributed by atoms with Crippen molar-refractivity contribution < 1.29 is 14.5 Å². The van der Waals surface area contributed by atoms with Crippen LogP contribution in [0.1, 0.15) is 0 Å². The molecule has 5 aromatic rings. The van der Waals surface area contributed by atoms with E-state index in [0.29, 0.717) is 5.46 Å². The summed E-state index contributed by atoms with van der Waals surface area (Å²) in [6, 6.07) is 25.5. The van der Waals surface area contributed by atoms with E-state index >= 15 is 0 Å². The lowest BCUT2D eigenvalue weighted by Crippen LogP contribution is -2.31. The van der Waals surface area contributed by atoms with Crippen LogP contribution in [0.25, 0.3) is 43.8 Å². The molecule has 1 aromatic heterocycles. The number of hydrogen-bond donors (Lipinski definition) is 2. The number of furan rings is 1. The van der Waals surface area contributed by atoms with Gasteiger partial charge in [-0.2, -0.15) is 0 Å². The molecule has 0 aliphatic rings. The molecule has 0 spiro atoms. The Morgan fingerprint density at radius 2 is 1.19 bits per heavy atom. The summed E-state index contributed by atoms with van der Waals surface area (Å²) in [4.78, 5) is 0. The van der Waals surface area contributed by atoms with Crippen molar-refractivity contribution >= 4 is 45.1 Å². The second-order valence-electron chi connectivity index (χ2n) is 6.40. The molecule has 3 nitrogen and oxygen atoms in total. The molecule has 2 N–H and O–H groups in total.